The normalized spacial score (nSPS) is 18.9. The Morgan fingerprint density at radius 1 is 1.27 bits per heavy atom. The van der Waals surface area contributed by atoms with Gasteiger partial charge >= 0.3 is 6.03 Å². The van der Waals surface area contributed by atoms with Crippen LogP contribution in [0.5, 0.6) is 0 Å². The summed E-state index contributed by atoms with van der Waals surface area (Å²) in [6.45, 7) is 7.18. The SMILES string of the molecule is Cn1nc(C(C)(C)C)cc1NC(=O)CN1C(=O)N[C@](C)(c2ccc(C#N)cc2)C1=O. The molecule has 4 amide bonds. The summed E-state index contributed by atoms with van der Waals surface area (Å²) in [5.41, 5.74) is 0.292. The first kappa shape index (κ1) is 21.0. The Hall–Kier alpha value is -3.67. The molecule has 9 heteroatoms. The van der Waals surface area contributed by atoms with Crippen LogP contribution in [-0.4, -0.2) is 39.1 Å². The molecule has 1 aromatic carbocycles. The van der Waals surface area contributed by atoms with Gasteiger partial charge in [-0.2, -0.15) is 10.4 Å². The number of hydrogen-bond acceptors (Lipinski definition) is 5. The number of imide groups is 1. The van der Waals surface area contributed by atoms with Gasteiger partial charge in [-0.15, -0.1) is 0 Å². The average Bonchev–Trinajstić information content (AvgIpc) is 3.15. The molecule has 0 bridgehead atoms. The predicted molar refractivity (Wildman–Crippen MR) is 109 cm³/mol. The summed E-state index contributed by atoms with van der Waals surface area (Å²) in [6.07, 6.45) is 0. The number of nitrogens with zero attached hydrogens (tertiary/aromatic N) is 4. The highest BCUT2D eigenvalue weighted by atomic mass is 16.2. The fourth-order valence-electron chi connectivity index (χ4n) is 3.19. The molecule has 1 aromatic heterocycles. The summed E-state index contributed by atoms with van der Waals surface area (Å²) in [5.74, 6) is -0.564. The minimum absolute atomic E-state index is 0.186. The van der Waals surface area contributed by atoms with Crippen molar-refractivity contribution in [1.29, 1.82) is 5.26 Å². The molecule has 2 heterocycles. The van der Waals surface area contributed by atoms with Crippen LogP contribution >= 0.6 is 0 Å². The summed E-state index contributed by atoms with van der Waals surface area (Å²) < 4.78 is 1.55. The first-order chi connectivity index (χ1) is 14.0. The molecule has 156 valence electrons. The maximum absolute atomic E-state index is 13.0. The zero-order chi connectivity index (χ0) is 22.3. The second-order valence-electron chi connectivity index (χ2n) is 8.47. The molecule has 2 N–H and O–H groups in total. The molecule has 1 aliphatic rings. The average molecular weight is 408 g/mol. The van der Waals surface area contributed by atoms with Crippen LogP contribution in [0.4, 0.5) is 10.6 Å². The molecule has 0 spiro atoms. The number of anilines is 1. The lowest BCUT2D eigenvalue weighted by Crippen LogP contribution is -2.42. The number of nitrogens with one attached hydrogen (secondary N) is 2. The van der Waals surface area contributed by atoms with E-state index in [4.69, 9.17) is 5.26 Å². The second kappa shape index (κ2) is 7.30. The van der Waals surface area contributed by atoms with E-state index in [1.807, 2.05) is 26.8 Å². The molecule has 2 aromatic rings. The van der Waals surface area contributed by atoms with E-state index in [0.29, 0.717) is 16.9 Å². The number of carbonyl (C=O) groups is 3. The number of hydrogen-bond donors (Lipinski definition) is 2. The Labute approximate surface area is 174 Å². The van der Waals surface area contributed by atoms with E-state index in [1.165, 1.54) is 0 Å². The van der Waals surface area contributed by atoms with Gasteiger partial charge in [0.2, 0.25) is 5.91 Å². The van der Waals surface area contributed by atoms with Gasteiger partial charge in [0, 0.05) is 18.5 Å². The number of urea groups is 1. The number of amides is 4. The minimum Gasteiger partial charge on any atom is -0.319 e. The van der Waals surface area contributed by atoms with Crippen molar-refractivity contribution in [3.8, 4) is 6.07 Å². The van der Waals surface area contributed by atoms with E-state index in [9.17, 15) is 14.4 Å². The van der Waals surface area contributed by atoms with Crippen LogP contribution in [0, 0.1) is 11.3 Å². The third-order valence-corrected chi connectivity index (χ3v) is 5.08. The molecule has 1 saturated heterocycles. The molecular weight excluding hydrogens is 384 g/mol. The summed E-state index contributed by atoms with van der Waals surface area (Å²) in [6, 6.07) is 9.50. The molecule has 0 unspecified atom stereocenters. The van der Waals surface area contributed by atoms with Gasteiger partial charge in [0.1, 0.15) is 17.9 Å². The maximum atomic E-state index is 13.0. The van der Waals surface area contributed by atoms with Gasteiger partial charge in [0.05, 0.1) is 17.3 Å². The highest BCUT2D eigenvalue weighted by molar-refractivity contribution is 6.10. The third kappa shape index (κ3) is 3.76. The van der Waals surface area contributed by atoms with E-state index < -0.39 is 29.9 Å². The highest BCUT2D eigenvalue weighted by Crippen LogP contribution is 2.29. The van der Waals surface area contributed by atoms with Crippen LogP contribution in [0.2, 0.25) is 0 Å². The molecule has 1 aliphatic heterocycles. The lowest BCUT2D eigenvalue weighted by Gasteiger charge is -2.22. The van der Waals surface area contributed by atoms with Crippen molar-refractivity contribution in [3.63, 3.8) is 0 Å². The van der Waals surface area contributed by atoms with E-state index in [2.05, 4.69) is 15.7 Å². The zero-order valence-corrected chi connectivity index (χ0v) is 17.6. The highest BCUT2D eigenvalue weighted by Gasteiger charge is 2.49. The van der Waals surface area contributed by atoms with E-state index >= 15 is 0 Å². The first-order valence-electron chi connectivity index (χ1n) is 9.45. The lowest BCUT2D eigenvalue weighted by atomic mass is 9.91. The smallest absolute Gasteiger partial charge is 0.319 e. The predicted octanol–water partition coefficient (Wildman–Crippen LogP) is 1.99. The van der Waals surface area contributed by atoms with Gasteiger partial charge in [-0.05, 0) is 24.6 Å². The fourth-order valence-corrected chi connectivity index (χ4v) is 3.19. The number of benzene rings is 1. The molecule has 1 atom stereocenters. The zero-order valence-electron chi connectivity index (χ0n) is 17.6. The topological polar surface area (TPSA) is 120 Å². The fraction of sp³-hybridized carbons (Fsp3) is 0.381. The van der Waals surface area contributed by atoms with Gasteiger partial charge in [-0.3, -0.25) is 19.2 Å². The summed E-state index contributed by atoms with van der Waals surface area (Å²) in [5, 5.41) is 18.7. The molecule has 9 nitrogen and oxygen atoms in total. The van der Waals surface area contributed by atoms with Crippen LogP contribution in [-0.2, 0) is 27.6 Å². The molecular formula is C21H24N6O3. The number of rotatable bonds is 4. The van der Waals surface area contributed by atoms with E-state index in [-0.39, 0.29) is 5.41 Å². The monoisotopic (exact) mass is 408 g/mol. The van der Waals surface area contributed by atoms with Gasteiger partial charge in [0.15, 0.2) is 0 Å². The van der Waals surface area contributed by atoms with Gasteiger partial charge < -0.3 is 10.6 Å². The van der Waals surface area contributed by atoms with Gasteiger partial charge in [0.25, 0.3) is 5.91 Å². The van der Waals surface area contributed by atoms with Crippen LogP contribution in [0.1, 0.15) is 44.5 Å². The Kier molecular flexibility index (Phi) is 5.12. The van der Waals surface area contributed by atoms with Crippen LogP contribution in [0.25, 0.3) is 0 Å². The number of aryl methyl sites for hydroxylation is 1. The Bertz CT molecular complexity index is 1060. The van der Waals surface area contributed by atoms with Crippen molar-refractivity contribution in [2.75, 3.05) is 11.9 Å². The Morgan fingerprint density at radius 2 is 1.90 bits per heavy atom. The minimum atomic E-state index is -1.31. The molecule has 30 heavy (non-hydrogen) atoms. The first-order valence-corrected chi connectivity index (χ1v) is 9.45. The van der Waals surface area contributed by atoms with Crippen molar-refractivity contribution >= 4 is 23.7 Å². The molecule has 0 saturated carbocycles. The summed E-state index contributed by atoms with van der Waals surface area (Å²) >= 11 is 0. The van der Waals surface area contributed by atoms with Gasteiger partial charge in [-0.1, -0.05) is 32.9 Å². The molecule has 0 aliphatic carbocycles. The number of aromatic nitrogens is 2. The van der Waals surface area contributed by atoms with Crippen molar-refractivity contribution in [2.24, 2.45) is 7.05 Å². The van der Waals surface area contributed by atoms with Crippen molar-refractivity contribution in [1.82, 2.24) is 20.0 Å². The lowest BCUT2D eigenvalue weighted by molar-refractivity contribution is -0.133. The maximum Gasteiger partial charge on any atom is 0.325 e. The van der Waals surface area contributed by atoms with Crippen LogP contribution in [0.3, 0.4) is 0 Å². The van der Waals surface area contributed by atoms with E-state index in [1.54, 1.807) is 49.0 Å². The summed E-state index contributed by atoms with van der Waals surface area (Å²) in [4.78, 5) is 38.8. The molecule has 1 fully saturated rings. The molecule has 0 radical (unpaired) electrons. The van der Waals surface area contributed by atoms with Crippen molar-refractivity contribution in [2.45, 2.75) is 38.6 Å². The Morgan fingerprint density at radius 3 is 2.43 bits per heavy atom. The largest absolute Gasteiger partial charge is 0.325 e. The molecule has 3 rings (SSSR count). The van der Waals surface area contributed by atoms with Crippen molar-refractivity contribution in [3.05, 3.63) is 47.2 Å². The second-order valence-corrected chi connectivity index (χ2v) is 8.47. The van der Waals surface area contributed by atoms with Crippen LogP contribution < -0.4 is 10.6 Å². The third-order valence-electron chi connectivity index (χ3n) is 5.08. The number of nitriles is 1. The summed E-state index contributed by atoms with van der Waals surface area (Å²) in [7, 11) is 1.71. The number of carbonyl (C=O) groups excluding carboxylic acids is 3. The standard InChI is InChI=1S/C21H24N6O3/c1-20(2,3)15-10-16(26(5)25-15)23-17(28)12-27-18(29)21(4,24-19(27)30)14-8-6-13(11-22)7-9-14/h6-10H,12H2,1-5H3,(H,23,28)(H,24,30)/t21-/m1/s1. The van der Waals surface area contributed by atoms with Crippen molar-refractivity contribution < 1.29 is 14.4 Å². The van der Waals surface area contributed by atoms with Gasteiger partial charge in [-0.25, -0.2) is 4.79 Å². The quantitative estimate of drug-likeness (QED) is 0.750. The Balaban J connectivity index is 1.75. The van der Waals surface area contributed by atoms with Crippen LogP contribution in [0.15, 0.2) is 30.3 Å². The van der Waals surface area contributed by atoms with E-state index in [0.717, 1.165) is 10.6 Å².